The second kappa shape index (κ2) is 7.56. The molecule has 0 bridgehead atoms. The van der Waals surface area contributed by atoms with Crippen LogP contribution >= 0.6 is 38.9 Å². The van der Waals surface area contributed by atoms with E-state index in [1.54, 1.807) is 0 Å². The van der Waals surface area contributed by atoms with Gasteiger partial charge >= 0.3 is 0 Å². The van der Waals surface area contributed by atoms with Crippen molar-refractivity contribution in [3.63, 3.8) is 0 Å². The molecule has 2 aromatic heterocycles. The molecule has 0 unspecified atom stereocenters. The quantitative estimate of drug-likeness (QED) is 0.695. The standard InChI is InChI=1S/C15H19BrClN3S/c1-4-5-18-13-7-10(6-9(2)3)19-15(20-13)12-8-11(16)14(17)21-12/h7-9H,4-6H2,1-3H3,(H,18,19,20). The first-order valence-electron chi connectivity index (χ1n) is 7.06. The SMILES string of the molecule is CCCNc1cc(CC(C)C)nc(-c2cc(Br)c(Cl)s2)n1. The molecule has 0 atom stereocenters. The Bertz CT molecular complexity index is 593. The lowest BCUT2D eigenvalue weighted by molar-refractivity contribution is 0.635. The van der Waals surface area contributed by atoms with Gasteiger partial charge in [-0.2, -0.15) is 0 Å². The molecule has 0 spiro atoms. The van der Waals surface area contributed by atoms with Crippen LogP contribution in [0.15, 0.2) is 16.6 Å². The summed E-state index contributed by atoms with van der Waals surface area (Å²) in [5.41, 5.74) is 1.06. The van der Waals surface area contributed by atoms with Crippen molar-refractivity contribution in [2.75, 3.05) is 11.9 Å². The van der Waals surface area contributed by atoms with Crippen LogP contribution in [0.4, 0.5) is 5.82 Å². The highest BCUT2D eigenvalue weighted by Crippen LogP contribution is 2.37. The highest BCUT2D eigenvalue weighted by Gasteiger charge is 2.12. The minimum Gasteiger partial charge on any atom is -0.370 e. The van der Waals surface area contributed by atoms with Gasteiger partial charge < -0.3 is 5.32 Å². The number of nitrogens with one attached hydrogen (secondary N) is 1. The fraction of sp³-hybridized carbons (Fsp3) is 0.467. The lowest BCUT2D eigenvalue weighted by atomic mass is 10.1. The molecule has 0 aliphatic heterocycles. The van der Waals surface area contributed by atoms with E-state index in [9.17, 15) is 0 Å². The first-order chi connectivity index (χ1) is 9.99. The molecular formula is C15H19BrClN3S. The van der Waals surface area contributed by atoms with Crippen LogP contribution in [0.2, 0.25) is 4.34 Å². The summed E-state index contributed by atoms with van der Waals surface area (Å²) in [6, 6.07) is 4.02. The predicted octanol–water partition coefficient (Wildman–Crippen LogP) is 5.64. The predicted molar refractivity (Wildman–Crippen MR) is 95.4 cm³/mol. The Morgan fingerprint density at radius 3 is 2.67 bits per heavy atom. The molecule has 2 aromatic rings. The van der Waals surface area contributed by atoms with E-state index in [2.05, 4.69) is 52.0 Å². The number of thiophene rings is 1. The van der Waals surface area contributed by atoms with Crippen molar-refractivity contribution in [2.45, 2.75) is 33.6 Å². The average Bonchev–Trinajstić information content (AvgIpc) is 2.75. The number of nitrogens with zero attached hydrogens (tertiary/aromatic N) is 2. The maximum absolute atomic E-state index is 6.13. The van der Waals surface area contributed by atoms with Crippen molar-refractivity contribution in [1.82, 2.24) is 9.97 Å². The van der Waals surface area contributed by atoms with Crippen LogP contribution in [-0.2, 0) is 6.42 Å². The molecule has 0 saturated carbocycles. The third kappa shape index (κ3) is 4.66. The maximum Gasteiger partial charge on any atom is 0.171 e. The molecule has 3 nitrogen and oxygen atoms in total. The van der Waals surface area contributed by atoms with Gasteiger partial charge in [-0.1, -0.05) is 32.4 Å². The number of hydrogen-bond acceptors (Lipinski definition) is 4. The minimum atomic E-state index is 0.561. The molecule has 1 N–H and O–H groups in total. The Morgan fingerprint density at radius 1 is 1.33 bits per heavy atom. The number of anilines is 1. The monoisotopic (exact) mass is 387 g/mol. The number of hydrogen-bond donors (Lipinski definition) is 1. The second-order valence-corrected chi connectivity index (χ2v) is 7.83. The van der Waals surface area contributed by atoms with Gasteiger partial charge in [0.2, 0.25) is 0 Å². The molecule has 0 radical (unpaired) electrons. The fourth-order valence-corrected chi connectivity index (χ4v) is 3.57. The van der Waals surface area contributed by atoms with Crippen LogP contribution in [0.25, 0.3) is 10.7 Å². The van der Waals surface area contributed by atoms with Crippen LogP contribution < -0.4 is 5.32 Å². The van der Waals surface area contributed by atoms with Gasteiger partial charge in [0.15, 0.2) is 5.82 Å². The molecule has 114 valence electrons. The number of aromatic nitrogens is 2. The Kier molecular flexibility index (Phi) is 6.02. The van der Waals surface area contributed by atoms with Crippen molar-refractivity contribution >= 4 is 44.7 Å². The zero-order chi connectivity index (χ0) is 15.4. The van der Waals surface area contributed by atoms with Gasteiger partial charge in [-0.05, 0) is 40.8 Å². The molecule has 0 amide bonds. The first kappa shape index (κ1) is 16.7. The Labute approximate surface area is 143 Å². The van der Waals surface area contributed by atoms with E-state index in [0.717, 1.165) is 50.4 Å². The van der Waals surface area contributed by atoms with E-state index >= 15 is 0 Å². The summed E-state index contributed by atoms with van der Waals surface area (Å²) < 4.78 is 1.62. The summed E-state index contributed by atoms with van der Waals surface area (Å²) in [6.07, 6.45) is 2.01. The van der Waals surface area contributed by atoms with Crippen molar-refractivity contribution in [3.05, 3.63) is 26.6 Å². The van der Waals surface area contributed by atoms with E-state index in [-0.39, 0.29) is 0 Å². The summed E-state index contributed by atoms with van der Waals surface area (Å²) in [4.78, 5) is 10.3. The van der Waals surface area contributed by atoms with Crippen LogP contribution in [0.3, 0.4) is 0 Å². The fourth-order valence-electron chi connectivity index (χ4n) is 1.93. The lowest BCUT2D eigenvalue weighted by Crippen LogP contribution is -2.06. The van der Waals surface area contributed by atoms with E-state index in [4.69, 9.17) is 11.6 Å². The first-order valence-corrected chi connectivity index (χ1v) is 9.05. The van der Waals surface area contributed by atoms with E-state index in [1.807, 2.05) is 12.1 Å². The molecule has 0 fully saturated rings. The second-order valence-electron chi connectivity index (χ2n) is 5.33. The molecule has 0 saturated heterocycles. The Balaban J connectivity index is 2.38. The summed E-state index contributed by atoms with van der Waals surface area (Å²) in [6.45, 7) is 7.44. The van der Waals surface area contributed by atoms with Gasteiger partial charge in [-0.3, -0.25) is 0 Å². The Hall–Kier alpha value is -0.650. The third-order valence-electron chi connectivity index (χ3n) is 2.82. The van der Waals surface area contributed by atoms with Crippen LogP contribution in [0.5, 0.6) is 0 Å². The van der Waals surface area contributed by atoms with Gasteiger partial charge in [-0.15, -0.1) is 11.3 Å². The van der Waals surface area contributed by atoms with Crippen molar-refractivity contribution < 1.29 is 0 Å². The normalized spacial score (nSPS) is 11.1. The van der Waals surface area contributed by atoms with Crippen LogP contribution in [0, 0.1) is 5.92 Å². The largest absolute Gasteiger partial charge is 0.370 e. The average molecular weight is 389 g/mol. The van der Waals surface area contributed by atoms with Gasteiger partial charge in [0.25, 0.3) is 0 Å². The maximum atomic E-state index is 6.13. The highest BCUT2D eigenvalue weighted by atomic mass is 79.9. The molecule has 0 aliphatic carbocycles. The number of rotatable bonds is 6. The minimum absolute atomic E-state index is 0.561. The van der Waals surface area contributed by atoms with Gasteiger partial charge in [0, 0.05) is 22.8 Å². The third-order valence-corrected chi connectivity index (χ3v) is 5.29. The van der Waals surface area contributed by atoms with E-state index in [0.29, 0.717) is 5.92 Å². The molecule has 2 rings (SSSR count). The number of halogens is 2. The lowest BCUT2D eigenvalue weighted by Gasteiger charge is -2.10. The zero-order valence-electron chi connectivity index (χ0n) is 12.4. The Morgan fingerprint density at radius 2 is 2.10 bits per heavy atom. The molecule has 2 heterocycles. The van der Waals surface area contributed by atoms with Crippen molar-refractivity contribution in [2.24, 2.45) is 5.92 Å². The molecule has 0 aromatic carbocycles. The summed E-state index contributed by atoms with van der Waals surface area (Å²) >= 11 is 11.1. The van der Waals surface area contributed by atoms with Crippen LogP contribution in [0.1, 0.15) is 32.9 Å². The summed E-state index contributed by atoms with van der Waals surface area (Å²) in [5, 5.41) is 3.35. The summed E-state index contributed by atoms with van der Waals surface area (Å²) in [5.74, 6) is 2.19. The van der Waals surface area contributed by atoms with Gasteiger partial charge in [0.1, 0.15) is 10.2 Å². The molecule has 6 heteroatoms. The van der Waals surface area contributed by atoms with E-state index in [1.165, 1.54) is 11.3 Å². The van der Waals surface area contributed by atoms with E-state index < -0.39 is 0 Å². The topological polar surface area (TPSA) is 37.8 Å². The van der Waals surface area contributed by atoms with Crippen molar-refractivity contribution in [1.29, 1.82) is 0 Å². The zero-order valence-corrected chi connectivity index (χ0v) is 15.6. The molecule has 0 aliphatic rings. The molecule has 21 heavy (non-hydrogen) atoms. The summed E-state index contributed by atoms with van der Waals surface area (Å²) in [7, 11) is 0. The highest BCUT2D eigenvalue weighted by molar-refractivity contribution is 9.10. The van der Waals surface area contributed by atoms with Gasteiger partial charge in [-0.25, -0.2) is 9.97 Å². The smallest absolute Gasteiger partial charge is 0.171 e. The van der Waals surface area contributed by atoms with Crippen LogP contribution in [-0.4, -0.2) is 16.5 Å². The van der Waals surface area contributed by atoms with Crippen molar-refractivity contribution in [3.8, 4) is 10.7 Å². The van der Waals surface area contributed by atoms with Gasteiger partial charge in [0.05, 0.1) is 4.88 Å². The molecular weight excluding hydrogens is 370 g/mol.